The van der Waals surface area contributed by atoms with Crippen molar-refractivity contribution in [3.8, 4) is 17.0 Å². The summed E-state index contributed by atoms with van der Waals surface area (Å²) in [5, 5.41) is 4.90. The average Bonchev–Trinajstić information content (AvgIpc) is 3.23. The first-order valence-corrected chi connectivity index (χ1v) is 9.30. The Bertz CT molecular complexity index is 1160. The second-order valence-corrected chi connectivity index (χ2v) is 6.81. The molecule has 1 aromatic heterocycles. The fourth-order valence-electron chi connectivity index (χ4n) is 2.88. The highest BCUT2D eigenvalue weighted by atomic mass is 35.5. The van der Waals surface area contributed by atoms with Crippen molar-refractivity contribution in [1.82, 2.24) is 9.78 Å². The van der Waals surface area contributed by atoms with E-state index in [0.29, 0.717) is 28.6 Å². The number of ether oxygens (including phenoxy) is 1. The van der Waals surface area contributed by atoms with E-state index in [0.717, 1.165) is 11.1 Å². The Morgan fingerprint density at radius 3 is 2.59 bits per heavy atom. The van der Waals surface area contributed by atoms with Crippen LogP contribution in [0, 0.1) is 5.82 Å². The lowest BCUT2D eigenvalue weighted by Gasteiger charge is -2.10. The van der Waals surface area contributed by atoms with Crippen molar-refractivity contribution in [3.05, 3.63) is 107 Å². The van der Waals surface area contributed by atoms with Crippen LogP contribution in [0.15, 0.2) is 85.1 Å². The van der Waals surface area contributed by atoms with Crippen LogP contribution in [0.5, 0.6) is 5.75 Å². The molecule has 0 aliphatic heterocycles. The topological polar surface area (TPSA) is 44.1 Å². The van der Waals surface area contributed by atoms with Gasteiger partial charge in [0.05, 0.1) is 5.69 Å². The highest BCUT2D eigenvalue weighted by Crippen LogP contribution is 2.29. The van der Waals surface area contributed by atoms with Crippen molar-refractivity contribution in [3.63, 3.8) is 0 Å². The number of hydrogen-bond acceptors (Lipinski definition) is 3. The third-order valence-corrected chi connectivity index (χ3v) is 4.57. The molecule has 0 atom stereocenters. The summed E-state index contributed by atoms with van der Waals surface area (Å²) in [6, 6.07) is 22.1. The summed E-state index contributed by atoms with van der Waals surface area (Å²) < 4.78 is 20.3. The molecule has 4 nitrogen and oxygen atoms in total. The molecule has 4 aromatic rings. The summed E-state index contributed by atoms with van der Waals surface area (Å²) in [6.07, 6.45) is 1.61. The number of benzene rings is 3. The first-order valence-electron chi connectivity index (χ1n) is 8.93. The van der Waals surface area contributed by atoms with Crippen molar-refractivity contribution in [2.45, 2.75) is 6.61 Å². The third-order valence-electron chi connectivity index (χ3n) is 4.34. The molecule has 0 bridgehead atoms. The highest BCUT2D eigenvalue weighted by molar-refractivity contribution is 6.31. The molecule has 0 aliphatic rings. The molecule has 1 heterocycles. The predicted molar refractivity (Wildman–Crippen MR) is 110 cm³/mol. The average molecular weight is 407 g/mol. The Balaban J connectivity index is 1.56. The third kappa shape index (κ3) is 4.36. The molecule has 29 heavy (non-hydrogen) atoms. The van der Waals surface area contributed by atoms with Crippen LogP contribution in [0.4, 0.5) is 4.39 Å². The fraction of sp³-hybridized carbons (Fsp3) is 0.0435. The highest BCUT2D eigenvalue weighted by Gasteiger charge is 2.14. The summed E-state index contributed by atoms with van der Waals surface area (Å²) in [4.78, 5) is 12.6. The number of carbonyl (C=O) groups is 1. The van der Waals surface area contributed by atoms with E-state index in [-0.39, 0.29) is 11.7 Å². The van der Waals surface area contributed by atoms with Crippen molar-refractivity contribution in [2.24, 2.45) is 0 Å². The minimum Gasteiger partial charge on any atom is -0.488 e. The molecule has 0 fully saturated rings. The minimum absolute atomic E-state index is 0.275. The zero-order valence-corrected chi connectivity index (χ0v) is 16.0. The molecule has 3 aromatic carbocycles. The molecule has 0 spiro atoms. The molecule has 0 aliphatic carbocycles. The maximum absolute atomic E-state index is 13.1. The van der Waals surface area contributed by atoms with E-state index < -0.39 is 0 Å². The van der Waals surface area contributed by atoms with E-state index in [1.165, 1.54) is 16.8 Å². The molecule has 0 unspecified atom stereocenters. The molecule has 6 heteroatoms. The summed E-state index contributed by atoms with van der Waals surface area (Å²) in [5.41, 5.74) is 2.67. The Labute approximate surface area is 172 Å². The van der Waals surface area contributed by atoms with E-state index in [9.17, 15) is 9.18 Å². The number of carbonyl (C=O) groups excluding carboxylic acids is 1. The molecule has 0 radical (unpaired) electrons. The van der Waals surface area contributed by atoms with Crippen molar-refractivity contribution < 1.29 is 13.9 Å². The molecular formula is C23H16ClFN2O2. The molecule has 0 amide bonds. The SMILES string of the molecule is O=C(c1cccc(Cl)c1)n1ccc(-c2ccccc2OCc2ccc(F)cc2)n1. The van der Waals surface area contributed by atoms with Gasteiger partial charge in [-0.05, 0) is 54.1 Å². The number of para-hydroxylation sites is 1. The Kier molecular flexibility index (Phi) is 5.40. The van der Waals surface area contributed by atoms with Gasteiger partial charge in [0.15, 0.2) is 0 Å². The van der Waals surface area contributed by atoms with E-state index in [4.69, 9.17) is 16.3 Å². The van der Waals surface area contributed by atoms with Crippen LogP contribution in [0.25, 0.3) is 11.3 Å². The van der Waals surface area contributed by atoms with Crippen LogP contribution in [0.2, 0.25) is 5.02 Å². The number of nitrogens with zero attached hydrogens (tertiary/aromatic N) is 2. The summed E-state index contributed by atoms with van der Waals surface area (Å²) >= 11 is 5.97. The van der Waals surface area contributed by atoms with Crippen molar-refractivity contribution in [2.75, 3.05) is 0 Å². The van der Waals surface area contributed by atoms with Crippen LogP contribution in [0.1, 0.15) is 15.9 Å². The molecular weight excluding hydrogens is 391 g/mol. The van der Waals surface area contributed by atoms with Gasteiger partial charge < -0.3 is 4.74 Å². The standard InChI is InChI=1S/C23H16ClFN2O2/c24-18-5-3-4-17(14-18)23(28)27-13-12-21(26-27)20-6-1-2-7-22(20)29-15-16-8-10-19(25)11-9-16/h1-14H,15H2. The first-order chi connectivity index (χ1) is 14.1. The van der Waals surface area contributed by atoms with Crippen LogP contribution >= 0.6 is 11.6 Å². The van der Waals surface area contributed by atoms with Gasteiger partial charge in [0.25, 0.3) is 5.91 Å². The van der Waals surface area contributed by atoms with Gasteiger partial charge in [0.1, 0.15) is 18.2 Å². The normalized spacial score (nSPS) is 10.7. The lowest BCUT2D eigenvalue weighted by Crippen LogP contribution is -2.12. The van der Waals surface area contributed by atoms with Gasteiger partial charge in [-0.25, -0.2) is 9.07 Å². The Hall–Kier alpha value is -3.44. The minimum atomic E-state index is -0.288. The van der Waals surface area contributed by atoms with Gasteiger partial charge in [-0.3, -0.25) is 4.79 Å². The van der Waals surface area contributed by atoms with Crippen molar-refractivity contribution >= 4 is 17.5 Å². The quantitative estimate of drug-likeness (QED) is 0.432. The van der Waals surface area contributed by atoms with Crippen LogP contribution < -0.4 is 4.74 Å². The van der Waals surface area contributed by atoms with Gasteiger partial charge in [-0.1, -0.05) is 41.9 Å². The summed E-state index contributed by atoms with van der Waals surface area (Å²) in [5.74, 6) is 0.0600. The maximum Gasteiger partial charge on any atom is 0.278 e. The van der Waals surface area contributed by atoms with Crippen LogP contribution in [0.3, 0.4) is 0 Å². The zero-order valence-electron chi connectivity index (χ0n) is 15.3. The number of hydrogen-bond donors (Lipinski definition) is 0. The molecule has 0 saturated heterocycles. The molecule has 0 N–H and O–H groups in total. The van der Waals surface area contributed by atoms with Gasteiger partial charge in [-0.15, -0.1) is 0 Å². The van der Waals surface area contributed by atoms with Crippen molar-refractivity contribution in [1.29, 1.82) is 0 Å². The van der Waals surface area contributed by atoms with Gasteiger partial charge in [0, 0.05) is 22.3 Å². The molecule has 144 valence electrons. The molecule has 4 rings (SSSR count). The largest absolute Gasteiger partial charge is 0.488 e. The smallest absolute Gasteiger partial charge is 0.278 e. The van der Waals surface area contributed by atoms with E-state index in [1.807, 2.05) is 24.3 Å². The van der Waals surface area contributed by atoms with Crippen LogP contribution in [-0.4, -0.2) is 15.7 Å². The lowest BCUT2D eigenvalue weighted by molar-refractivity contribution is 0.0945. The second kappa shape index (κ2) is 8.29. The van der Waals surface area contributed by atoms with Gasteiger partial charge in [-0.2, -0.15) is 5.10 Å². The number of halogens is 2. The van der Waals surface area contributed by atoms with Crippen LogP contribution in [-0.2, 0) is 6.61 Å². The monoisotopic (exact) mass is 406 g/mol. The van der Waals surface area contributed by atoms with Gasteiger partial charge >= 0.3 is 0 Å². The Morgan fingerprint density at radius 2 is 1.79 bits per heavy atom. The van der Waals surface area contributed by atoms with E-state index in [1.54, 1.807) is 48.7 Å². The lowest BCUT2D eigenvalue weighted by atomic mass is 10.1. The summed E-state index contributed by atoms with van der Waals surface area (Å²) in [7, 11) is 0. The Morgan fingerprint density at radius 1 is 1.00 bits per heavy atom. The first kappa shape index (κ1) is 18.9. The van der Waals surface area contributed by atoms with Gasteiger partial charge in [0.2, 0.25) is 0 Å². The zero-order chi connectivity index (χ0) is 20.2. The molecule has 0 saturated carbocycles. The van der Waals surface area contributed by atoms with E-state index in [2.05, 4.69) is 5.10 Å². The second-order valence-electron chi connectivity index (χ2n) is 6.37. The predicted octanol–water partition coefficient (Wildman–Crippen LogP) is 5.61. The number of aromatic nitrogens is 2. The van der Waals surface area contributed by atoms with E-state index >= 15 is 0 Å². The number of rotatable bonds is 5. The maximum atomic E-state index is 13.1. The fourth-order valence-corrected chi connectivity index (χ4v) is 3.07. The summed E-state index contributed by atoms with van der Waals surface area (Å²) in [6.45, 7) is 0.291.